The molecular formula is C17H20N2O. The Morgan fingerprint density at radius 2 is 2.10 bits per heavy atom. The van der Waals surface area contributed by atoms with Crippen LogP contribution in [0.15, 0.2) is 42.7 Å². The van der Waals surface area contributed by atoms with Crippen LogP contribution in [0.4, 0.5) is 0 Å². The Kier molecular flexibility index (Phi) is 2.81. The largest absolute Gasteiger partial charge is 0.493 e. The molecule has 4 rings (SSSR count). The first-order valence-corrected chi connectivity index (χ1v) is 7.44. The van der Waals surface area contributed by atoms with E-state index in [-0.39, 0.29) is 6.04 Å². The molecule has 2 atom stereocenters. The van der Waals surface area contributed by atoms with Crippen LogP contribution in [0.25, 0.3) is 0 Å². The van der Waals surface area contributed by atoms with E-state index in [1.54, 1.807) is 0 Å². The summed E-state index contributed by atoms with van der Waals surface area (Å²) in [5.41, 5.74) is 8.87. The molecule has 2 aliphatic rings. The molecular weight excluding hydrogens is 248 g/mol. The molecule has 0 bridgehead atoms. The lowest BCUT2D eigenvalue weighted by Crippen LogP contribution is -2.12. The van der Waals surface area contributed by atoms with Gasteiger partial charge in [0.05, 0.1) is 6.61 Å². The monoisotopic (exact) mass is 268 g/mol. The fourth-order valence-corrected chi connectivity index (χ4v) is 3.13. The maximum absolute atomic E-state index is 6.26. The van der Waals surface area contributed by atoms with Gasteiger partial charge in [0.15, 0.2) is 0 Å². The molecule has 1 aromatic heterocycles. The van der Waals surface area contributed by atoms with Crippen LogP contribution in [0.5, 0.6) is 5.75 Å². The molecule has 0 saturated heterocycles. The zero-order valence-electron chi connectivity index (χ0n) is 11.5. The Labute approximate surface area is 119 Å². The van der Waals surface area contributed by atoms with Crippen molar-refractivity contribution >= 4 is 0 Å². The predicted molar refractivity (Wildman–Crippen MR) is 78.8 cm³/mol. The highest BCUT2D eigenvalue weighted by Gasteiger charge is 2.30. The van der Waals surface area contributed by atoms with E-state index in [2.05, 4.69) is 41.2 Å². The third-order valence-corrected chi connectivity index (χ3v) is 4.52. The van der Waals surface area contributed by atoms with Gasteiger partial charge < -0.3 is 15.0 Å². The molecule has 104 valence electrons. The van der Waals surface area contributed by atoms with Crippen LogP contribution in [0.3, 0.4) is 0 Å². The van der Waals surface area contributed by atoms with Crippen molar-refractivity contribution in [1.82, 2.24) is 4.57 Å². The second-order valence-corrected chi connectivity index (χ2v) is 6.05. The summed E-state index contributed by atoms with van der Waals surface area (Å²) in [7, 11) is 0. The Morgan fingerprint density at radius 3 is 2.95 bits per heavy atom. The van der Waals surface area contributed by atoms with Gasteiger partial charge in [-0.1, -0.05) is 18.2 Å². The van der Waals surface area contributed by atoms with Crippen molar-refractivity contribution in [3.8, 4) is 5.75 Å². The van der Waals surface area contributed by atoms with Crippen LogP contribution in [0, 0.1) is 5.92 Å². The van der Waals surface area contributed by atoms with Crippen molar-refractivity contribution in [2.24, 2.45) is 11.7 Å². The zero-order valence-corrected chi connectivity index (χ0v) is 11.5. The van der Waals surface area contributed by atoms with Crippen molar-refractivity contribution < 1.29 is 4.74 Å². The number of fused-ring (bicyclic) bond motifs is 1. The first-order chi connectivity index (χ1) is 9.81. The Bertz CT molecular complexity index is 615. The number of nitrogens with two attached hydrogens (primary N) is 1. The average molecular weight is 268 g/mol. The van der Waals surface area contributed by atoms with E-state index in [1.807, 2.05) is 6.07 Å². The van der Waals surface area contributed by atoms with Gasteiger partial charge in [-0.15, -0.1) is 0 Å². The summed E-state index contributed by atoms with van der Waals surface area (Å²) in [5, 5.41) is 0. The molecule has 2 aromatic rings. The standard InChI is InChI=1S/C17H20N2O/c18-17(12-5-6-12)13-7-8-19(9-13)10-14-11-20-16-4-2-1-3-15(14)16/h1-4,7-9,12,14,17H,5-6,10-11,18H2. The van der Waals surface area contributed by atoms with Crippen LogP contribution < -0.4 is 10.5 Å². The normalized spacial score (nSPS) is 22.4. The van der Waals surface area contributed by atoms with Crippen molar-refractivity contribution in [2.75, 3.05) is 6.61 Å². The fraction of sp³-hybridized carbons (Fsp3) is 0.412. The van der Waals surface area contributed by atoms with Crippen molar-refractivity contribution in [3.05, 3.63) is 53.9 Å². The van der Waals surface area contributed by atoms with E-state index in [1.165, 1.54) is 24.0 Å². The lowest BCUT2D eigenvalue weighted by molar-refractivity contribution is 0.319. The van der Waals surface area contributed by atoms with Gasteiger partial charge in [-0.2, -0.15) is 0 Å². The molecule has 3 nitrogen and oxygen atoms in total. The summed E-state index contributed by atoms with van der Waals surface area (Å²) in [4.78, 5) is 0. The van der Waals surface area contributed by atoms with Crippen molar-refractivity contribution in [1.29, 1.82) is 0 Å². The summed E-state index contributed by atoms with van der Waals surface area (Å²) in [5.74, 6) is 2.20. The van der Waals surface area contributed by atoms with Crippen LogP contribution in [-0.2, 0) is 6.54 Å². The van der Waals surface area contributed by atoms with Gasteiger partial charge in [-0.05, 0) is 36.5 Å². The van der Waals surface area contributed by atoms with Crippen molar-refractivity contribution in [3.63, 3.8) is 0 Å². The van der Waals surface area contributed by atoms with Gasteiger partial charge >= 0.3 is 0 Å². The maximum atomic E-state index is 6.26. The van der Waals surface area contributed by atoms with Gasteiger partial charge in [0.1, 0.15) is 5.75 Å². The minimum Gasteiger partial charge on any atom is -0.493 e. The fourth-order valence-electron chi connectivity index (χ4n) is 3.13. The quantitative estimate of drug-likeness (QED) is 0.925. The second-order valence-electron chi connectivity index (χ2n) is 6.05. The molecule has 20 heavy (non-hydrogen) atoms. The van der Waals surface area contributed by atoms with Crippen LogP contribution in [0.1, 0.15) is 35.9 Å². The van der Waals surface area contributed by atoms with Crippen molar-refractivity contribution in [2.45, 2.75) is 31.3 Å². The summed E-state index contributed by atoms with van der Waals surface area (Å²) < 4.78 is 8.01. The summed E-state index contributed by atoms with van der Waals surface area (Å²) in [6, 6.07) is 10.7. The highest BCUT2D eigenvalue weighted by molar-refractivity contribution is 5.39. The lowest BCUT2D eigenvalue weighted by atomic mass is 10.0. The molecule has 1 aliphatic carbocycles. The van der Waals surface area contributed by atoms with E-state index in [4.69, 9.17) is 10.5 Å². The topological polar surface area (TPSA) is 40.2 Å². The van der Waals surface area contributed by atoms with Gasteiger partial charge in [0.25, 0.3) is 0 Å². The Morgan fingerprint density at radius 1 is 1.25 bits per heavy atom. The molecule has 0 spiro atoms. The first-order valence-electron chi connectivity index (χ1n) is 7.44. The van der Waals surface area contributed by atoms with Crippen LogP contribution in [0.2, 0.25) is 0 Å². The summed E-state index contributed by atoms with van der Waals surface area (Å²) in [6.45, 7) is 1.75. The number of rotatable bonds is 4. The first kappa shape index (κ1) is 12.0. The molecule has 1 aromatic carbocycles. The minimum atomic E-state index is 0.225. The molecule has 1 saturated carbocycles. The van der Waals surface area contributed by atoms with E-state index in [0.717, 1.165) is 18.9 Å². The number of para-hydroxylation sites is 1. The Balaban J connectivity index is 1.50. The second kappa shape index (κ2) is 4.67. The van der Waals surface area contributed by atoms with E-state index in [9.17, 15) is 0 Å². The molecule has 2 N–H and O–H groups in total. The van der Waals surface area contributed by atoms with E-state index in [0.29, 0.717) is 11.8 Å². The van der Waals surface area contributed by atoms with Crippen LogP contribution >= 0.6 is 0 Å². The number of nitrogens with zero attached hydrogens (tertiary/aromatic N) is 1. The Hall–Kier alpha value is -1.74. The van der Waals surface area contributed by atoms with Gasteiger partial charge in [-0.3, -0.25) is 0 Å². The highest BCUT2D eigenvalue weighted by atomic mass is 16.5. The summed E-state index contributed by atoms with van der Waals surface area (Å²) >= 11 is 0. The molecule has 2 unspecified atom stereocenters. The molecule has 0 amide bonds. The molecule has 2 heterocycles. The molecule has 1 fully saturated rings. The zero-order chi connectivity index (χ0) is 13.5. The van der Waals surface area contributed by atoms with Gasteiger partial charge in [-0.25, -0.2) is 0 Å². The molecule has 0 radical (unpaired) electrons. The average Bonchev–Trinajstić information content (AvgIpc) is 3.10. The SMILES string of the molecule is NC(c1ccn(CC2COc3ccccc32)c1)C1CC1. The van der Waals surface area contributed by atoms with E-state index >= 15 is 0 Å². The number of hydrogen-bond acceptors (Lipinski definition) is 2. The number of aromatic nitrogens is 1. The molecule has 1 aliphatic heterocycles. The third-order valence-electron chi connectivity index (χ3n) is 4.52. The third kappa shape index (κ3) is 2.12. The van der Waals surface area contributed by atoms with E-state index < -0.39 is 0 Å². The summed E-state index contributed by atoms with van der Waals surface area (Å²) in [6.07, 6.45) is 6.94. The number of benzene rings is 1. The molecule has 3 heteroatoms. The van der Waals surface area contributed by atoms with Gasteiger partial charge in [0, 0.05) is 36.5 Å². The minimum absolute atomic E-state index is 0.225. The lowest BCUT2D eigenvalue weighted by Gasteiger charge is -2.11. The number of hydrogen-bond donors (Lipinski definition) is 1. The smallest absolute Gasteiger partial charge is 0.122 e. The number of ether oxygens (including phenoxy) is 1. The highest BCUT2D eigenvalue weighted by Crippen LogP contribution is 2.40. The van der Waals surface area contributed by atoms with Crippen LogP contribution in [-0.4, -0.2) is 11.2 Å². The predicted octanol–water partition coefficient (Wildman–Crippen LogP) is 3.07. The van der Waals surface area contributed by atoms with Gasteiger partial charge in [0.2, 0.25) is 0 Å². The maximum Gasteiger partial charge on any atom is 0.122 e.